The number of benzene rings is 3. The van der Waals surface area contributed by atoms with Crippen LogP contribution in [0.5, 0.6) is 5.75 Å². The monoisotopic (exact) mass is 452 g/mol. The number of rotatable bonds is 8. The predicted molar refractivity (Wildman–Crippen MR) is 128 cm³/mol. The van der Waals surface area contributed by atoms with Crippen LogP contribution in [0.2, 0.25) is 0 Å². The molecule has 32 heavy (non-hydrogen) atoms. The van der Waals surface area contributed by atoms with E-state index in [1.807, 2.05) is 38.1 Å². The first kappa shape index (κ1) is 23.3. The van der Waals surface area contributed by atoms with Crippen LogP contribution in [-0.2, 0) is 14.8 Å². The Morgan fingerprint density at radius 3 is 2.31 bits per heavy atom. The predicted octanol–water partition coefficient (Wildman–Crippen LogP) is 5.25. The molecule has 0 aromatic heterocycles. The average molecular weight is 453 g/mol. The SMILES string of the molecule is Cc1cccc(NS(=O)(=O)c2ccc(OCC(=O)Nc3c(C)cccc3C(C)C)cc2)c1. The fourth-order valence-corrected chi connectivity index (χ4v) is 4.35. The molecule has 0 aliphatic rings. The molecule has 3 aromatic carbocycles. The van der Waals surface area contributed by atoms with Crippen molar-refractivity contribution < 1.29 is 17.9 Å². The van der Waals surface area contributed by atoms with Gasteiger partial charge in [-0.15, -0.1) is 0 Å². The van der Waals surface area contributed by atoms with E-state index in [1.165, 1.54) is 24.3 Å². The average Bonchev–Trinajstić information content (AvgIpc) is 2.73. The zero-order chi connectivity index (χ0) is 23.3. The molecule has 0 heterocycles. The van der Waals surface area contributed by atoms with E-state index in [-0.39, 0.29) is 23.3 Å². The molecule has 3 aromatic rings. The Morgan fingerprint density at radius 1 is 0.969 bits per heavy atom. The second kappa shape index (κ2) is 9.87. The normalized spacial score (nSPS) is 11.3. The minimum Gasteiger partial charge on any atom is -0.484 e. The van der Waals surface area contributed by atoms with Crippen LogP contribution in [0.4, 0.5) is 11.4 Å². The van der Waals surface area contributed by atoms with Crippen LogP contribution >= 0.6 is 0 Å². The Balaban J connectivity index is 1.62. The van der Waals surface area contributed by atoms with Crippen molar-refractivity contribution in [3.63, 3.8) is 0 Å². The highest BCUT2D eigenvalue weighted by Gasteiger charge is 2.15. The number of para-hydroxylation sites is 1. The van der Waals surface area contributed by atoms with Gasteiger partial charge in [-0.1, -0.05) is 44.2 Å². The Kier molecular flexibility index (Phi) is 7.20. The second-order valence-electron chi connectivity index (χ2n) is 7.98. The van der Waals surface area contributed by atoms with Crippen LogP contribution in [0, 0.1) is 13.8 Å². The van der Waals surface area contributed by atoms with Crippen LogP contribution in [0.15, 0.2) is 71.6 Å². The van der Waals surface area contributed by atoms with Gasteiger partial charge in [0, 0.05) is 11.4 Å². The standard InChI is InChI=1S/C25H28N2O4S/c1-17(2)23-10-6-8-19(4)25(23)26-24(28)16-31-21-11-13-22(14-12-21)32(29,30)27-20-9-5-7-18(3)15-20/h5-15,17,27H,16H2,1-4H3,(H,26,28). The molecule has 0 fully saturated rings. The lowest BCUT2D eigenvalue weighted by molar-refractivity contribution is -0.118. The molecule has 0 bridgehead atoms. The van der Waals surface area contributed by atoms with E-state index in [2.05, 4.69) is 23.9 Å². The molecule has 0 spiro atoms. The summed E-state index contributed by atoms with van der Waals surface area (Å²) >= 11 is 0. The molecular weight excluding hydrogens is 424 g/mol. The number of carbonyl (C=O) groups is 1. The molecule has 6 nitrogen and oxygen atoms in total. The maximum Gasteiger partial charge on any atom is 0.262 e. The van der Waals surface area contributed by atoms with E-state index in [9.17, 15) is 13.2 Å². The largest absolute Gasteiger partial charge is 0.484 e. The highest BCUT2D eigenvalue weighted by Crippen LogP contribution is 2.27. The zero-order valence-corrected chi connectivity index (χ0v) is 19.5. The molecule has 0 radical (unpaired) electrons. The summed E-state index contributed by atoms with van der Waals surface area (Å²) in [5.41, 5.74) is 4.31. The van der Waals surface area contributed by atoms with Crippen molar-refractivity contribution in [3.8, 4) is 5.75 Å². The quantitative estimate of drug-likeness (QED) is 0.489. The summed E-state index contributed by atoms with van der Waals surface area (Å²) in [6.07, 6.45) is 0. The van der Waals surface area contributed by atoms with E-state index >= 15 is 0 Å². The summed E-state index contributed by atoms with van der Waals surface area (Å²) in [6, 6.07) is 19.0. The number of carbonyl (C=O) groups excluding carboxylic acids is 1. The third kappa shape index (κ3) is 5.88. The number of sulfonamides is 1. The highest BCUT2D eigenvalue weighted by atomic mass is 32.2. The highest BCUT2D eigenvalue weighted by molar-refractivity contribution is 7.92. The van der Waals surface area contributed by atoms with Gasteiger partial charge in [0.2, 0.25) is 0 Å². The summed E-state index contributed by atoms with van der Waals surface area (Å²) in [7, 11) is -3.72. The Morgan fingerprint density at radius 2 is 1.66 bits per heavy atom. The first-order chi connectivity index (χ1) is 15.2. The van der Waals surface area contributed by atoms with Crippen LogP contribution in [0.1, 0.15) is 36.5 Å². The topological polar surface area (TPSA) is 84.5 Å². The number of hydrogen-bond acceptors (Lipinski definition) is 4. The number of nitrogens with one attached hydrogen (secondary N) is 2. The number of hydrogen-bond donors (Lipinski definition) is 2. The number of ether oxygens (including phenoxy) is 1. The van der Waals surface area contributed by atoms with Gasteiger partial charge < -0.3 is 10.1 Å². The third-order valence-electron chi connectivity index (χ3n) is 4.97. The van der Waals surface area contributed by atoms with Crippen molar-refractivity contribution >= 4 is 27.3 Å². The maximum atomic E-state index is 12.6. The molecule has 3 rings (SSSR count). The van der Waals surface area contributed by atoms with Crippen molar-refractivity contribution in [2.75, 3.05) is 16.6 Å². The molecule has 168 valence electrons. The summed E-state index contributed by atoms with van der Waals surface area (Å²) in [4.78, 5) is 12.5. The molecule has 0 aliphatic carbocycles. The zero-order valence-electron chi connectivity index (χ0n) is 18.7. The first-order valence-electron chi connectivity index (χ1n) is 10.4. The van der Waals surface area contributed by atoms with Gasteiger partial charge in [-0.25, -0.2) is 8.42 Å². The van der Waals surface area contributed by atoms with Gasteiger partial charge in [-0.2, -0.15) is 0 Å². The van der Waals surface area contributed by atoms with Crippen LogP contribution in [0.25, 0.3) is 0 Å². The van der Waals surface area contributed by atoms with Crippen LogP contribution in [0.3, 0.4) is 0 Å². The Hall–Kier alpha value is -3.32. The Bertz CT molecular complexity index is 1200. The molecule has 0 saturated heterocycles. The summed E-state index contributed by atoms with van der Waals surface area (Å²) in [5.74, 6) is 0.400. The minimum atomic E-state index is -3.72. The molecular formula is C25H28N2O4S. The summed E-state index contributed by atoms with van der Waals surface area (Å²) in [5, 5.41) is 2.93. The van der Waals surface area contributed by atoms with Gasteiger partial charge in [0.05, 0.1) is 4.90 Å². The Labute approximate surface area is 189 Å². The van der Waals surface area contributed by atoms with Crippen molar-refractivity contribution in [1.29, 1.82) is 0 Å². The van der Waals surface area contributed by atoms with Crippen LogP contribution in [-0.4, -0.2) is 20.9 Å². The molecule has 1 amide bonds. The van der Waals surface area contributed by atoms with E-state index in [0.29, 0.717) is 11.4 Å². The maximum absolute atomic E-state index is 12.6. The van der Waals surface area contributed by atoms with E-state index in [1.54, 1.807) is 18.2 Å². The number of anilines is 2. The lowest BCUT2D eigenvalue weighted by Crippen LogP contribution is -2.21. The van der Waals surface area contributed by atoms with Gasteiger partial charge in [0.1, 0.15) is 5.75 Å². The second-order valence-corrected chi connectivity index (χ2v) is 9.66. The van der Waals surface area contributed by atoms with Gasteiger partial charge in [-0.05, 0) is 72.9 Å². The fourth-order valence-electron chi connectivity index (χ4n) is 3.30. The third-order valence-corrected chi connectivity index (χ3v) is 6.36. The lowest BCUT2D eigenvalue weighted by atomic mass is 9.98. The summed E-state index contributed by atoms with van der Waals surface area (Å²) in [6.45, 7) is 7.81. The van der Waals surface area contributed by atoms with E-state index < -0.39 is 10.0 Å². The van der Waals surface area contributed by atoms with Gasteiger partial charge in [-0.3, -0.25) is 9.52 Å². The van der Waals surface area contributed by atoms with Gasteiger partial charge in [0.15, 0.2) is 6.61 Å². The number of aryl methyl sites for hydroxylation is 2. The molecule has 0 unspecified atom stereocenters. The minimum absolute atomic E-state index is 0.109. The van der Waals surface area contributed by atoms with Crippen molar-refractivity contribution in [3.05, 3.63) is 83.4 Å². The molecule has 0 aliphatic heterocycles. The lowest BCUT2D eigenvalue weighted by Gasteiger charge is -2.16. The van der Waals surface area contributed by atoms with Gasteiger partial charge in [0.25, 0.3) is 15.9 Å². The van der Waals surface area contributed by atoms with Crippen molar-refractivity contribution in [2.24, 2.45) is 0 Å². The summed E-state index contributed by atoms with van der Waals surface area (Å²) < 4.78 is 33.3. The van der Waals surface area contributed by atoms with Gasteiger partial charge >= 0.3 is 0 Å². The first-order valence-corrected chi connectivity index (χ1v) is 11.9. The molecule has 0 saturated carbocycles. The molecule has 7 heteroatoms. The fraction of sp³-hybridized carbons (Fsp3) is 0.240. The smallest absolute Gasteiger partial charge is 0.262 e. The molecule has 2 N–H and O–H groups in total. The van der Waals surface area contributed by atoms with Crippen LogP contribution < -0.4 is 14.8 Å². The van der Waals surface area contributed by atoms with E-state index in [4.69, 9.17) is 4.74 Å². The number of amides is 1. The van der Waals surface area contributed by atoms with E-state index in [0.717, 1.165) is 22.4 Å². The molecule has 0 atom stereocenters. The van der Waals surface area contributed by atoms with Crippen molar-refractivity contribution in [2.45, 2.75) is 38.5 Å². The van der Waals surface area contributed by atoms with Crippen molar-refractivity contribution in [1.82, 2.24) is 0 Å².